The Balaban J connectivity index is 2.48. The molecule has 0 amide bonds. The van der Waals surface area contributed by atoms with Gasteiger partial charge in [0.2, 0.25) is 0 Å². The molecule has 0 unspecified atom stereocenters. The number of carbonyl (C=O) groups excluding carboxylic acids is 2. The van der Waals surface area contributed by atoms with Crippen LogP contribution in [-0.4, -0.2) is 23.8 Å². The molecule has 0 aliphatic heterocycles. The number of nitrogens with one attached hydrogen (secondary N) is 1. The topological polar surface area (TPSA) is 59.2 Å². The highest BCUT2D eigenvalue weighted by molar-refractivity contribution is 6.13. The number of aromatic nitrogens is 1. The van der Waals surface area contributed by atoms with Crippen LogP contribution in [0.1, 0.15) is 22.3 Å². The zero-order valence-corrected chi connectivity index (χ0v) is 10.4. The Bertz CT molecular complexity index is 673. The summed E-state index contributed by atoms with van der Waals surface area (Å²) in [4.78, 5) is 25.3. The molecule has 0 saturated carbocycles. The Morgan fingerprint density at radius 2 is 2.00 bits per heavy atom. The van der Waals surface area contributed by atoms with Crippen molar-refractivity contribution in [3.63, 3.8) is 0 Å². The van der Waals surface area contributed by atoms with E-state index in [-0.39, 0.29) is 16.5 Å². The minimum absolute atomic E-state index is 0.0384. The van der Waals surface area contributed by atoms with Crippen LogP contribution in [0.3, 0.4) is 0 Å². The van der Waals surface area contributed by atoms with Crippen molar-refractivity contribution in [3.8, 4) is 0 Å². The second-order valence-electron chi connectivity index (χ2n) is 4.10. The first kappa shape index (κ1) is 14.1. The number of rotatable bonds is 3. The first-order valence-electron chi connectivity index (χ1n) is 5.62. The van der Waals surface area contributed by atoms with Crippen LogP contribution in [0.2, 0.25) is 0 Å². The van der Waals surface area contributed by atoms with E-state index in [1.54, 1.807) is 0 Å². The van der Waals surface area contributed by atoms with Crippen LogP contribution in [-0.2, 0) is 15.7 Å². The summed E-state index contributed by atoms with van der Waals surface area (Å²) in [6, 6.07) is 3.53. The number of methoxy groups -OCH3 is 1. The molecule has 2 rings (SSSR count). The maximum Gasteiger partial charge on any atom is 0.418 e. The van der Waals surface area contributed by atoms with E-state index < -0.39 is 29.9 Å². The number of alkyl halides is 3. The fraction of sp³-hybridized carbons (Fsp3) is 0.231. The average Bonchev–Trinajstić information content (AvgIpc) is 2.80. The highest BCUT2D eigenvalue weighted by Gasteiger charge is 2.33. The third kappa shape index (κ3) is 2.52. The lowest BCUT2D eigenvalue weighted by Crippen LogP contribution is -2.09. The summed E-state index contributed by atoms with van der Waals surface area (Å²) in [5.41, 5.74) is -0.989. The van der Waals surface area contributed by atoms with Crippen LogP contribution in [0.5, 0.6) is 0 Å². The van der Waals surface area contributed by atoms with Crippen LogP contribution in [0.15, 0.2) is 24.4 Å². The second-order valence-corrected chi connectivity index (χ2v) is 4.10. The average molecular weight is 285 g/mol. The molecule has 1 aromatic heterocycles. The zero-order chi connectivity index (χ0) is 14.9. The molecule has 0 fully saturated rings. The molecule has 0 saturated heterocycles. The molecule has 1 aromatic carbocycles. The van der Waals surface area contributed by atoms with Gasteiger partial charge in [-0.2, -0.15) is 13.2 Å². The Morgan fingerprint density at radius 1 is 1.30 bits per heavy atom. The van der Waals surface area contributed by atoms with Crippen molar-refractivity contribution < 1.29 is 27.5 Å². The van der Waals surface area contributed by atoms with E-state index in [0.717, 1.165) is 13.2 Å². The molecule has 20 heavy (non-hydrogen) atoms. The molecule has 0 radical (unpaired) electrons. The van der Waals surface area contributed by atoms with Crippen molar-refractivity contribution >= 4 is 22.7 Å². The van der Waals surface area contributed by atoms with Gasteiger partial charge >= 0.3 is 12.1 Å². The largest absolute Gasteiger partial charge is 0.469 e. The summed E-state index contributed by atoms with van der Waals surface area (Å²) in [5.74, 6) is -1.33. The Hall–Kier alpha value is -2.31. The van der Waals surface area contributed by atoms with E-state index in [9.17, 15) is 22.8 Å². The van der Waals surface area contributed by atoms with Gasteiger partial charge in [-0.15, -0.1) is 0 Å². The first-order chi connectivity index (χ1) is 9.34. The zero-order valence-electron chi connectivity index (χ0n) is 10.4. The van der Waals surface area contributed by atoms with E-state index in [1.165, 1.54) is 18.3 Å². The third-order valence-corrected chi connectivity index (χ3v) is 2.85. The number of carbonyl (C=O) groups is 2. The third-order valence-electron chi connectivity index (χ3n) is 2.85. The number of para-hydroxylation sites is 1. The van der Waals surface area contributed by atoms with E-state index >= 15 is 0 Å². The molecule has 2 aromatic rings. The number of Topliss-reactive ketones (excluding diaryl/α,β-unsaturated/α-hetero) is 1. The number of halogens is 3. The predicted molar refractivity (Wildman–Crippen MR) is 64.3 cm³/mol. The molecule has 0 bridgehead atoms. The van der Waals surface area contributed by atoms with Crippen LogP contribution in [0, 0.1) is 0 Å². The van der Waals surface area contributed by atoms with Gasteiger partial charge in [-0.25, -0.2) is 0 Å². The summed E-state index contributed by atoms with van der Waals surface area (Å²) >= 11 is 0. The van der Waals surface area contributed by atoms with Gasteiger partial charge in [0, 0.05) is 17.1 Å². The van der Waals surface area contributed by atoms with Gasteiger partial charge in [-0.1, -0.05) is 12.1 Å². The summed E-state index contributed by atoms with van der Waals surface area (Å²) in [6.45, 7) is 0. The summed E-state index contributed by atoms with van der Waals surface area (Å²) in [6.07, 6.45) is -3.86. The molecule has 1 N–H and O–H groups in total. The van der Waals surface area contributed by atoms with Crippen LogP contribution < -0.4 is 0 Å². The number of ketones is 1. The van der Waals surface area contributed by atoms with Crippen LogP contribution in [0.25, 0.3) is 10.9 Å². The molecule has 0 aliphatic rings. The fourth-order valence-electron chi connectivity index (χ4n) is 1.92. The maximum absolute atomic E-state index is 12.8. The normalized spacial score (nSPS) is 11.6. The molecule has 0 atom stereocenters. The first-order valence-corrected chi connectivity index (χ1v) is 5.62. The maximum atomic E-state index is 12.8. The van der Waals surface area contributed by atoms with Gasteiger partial charge in [0.15, 0.2) is 5.78 Å². The SMILES string of the molecule is COC(=O)CC(=O)c1c[nH]c2c(C(F)(F)F)cccc12. The number of esters is 1. The summed E-state index contributed by atoms with van der Waals surface area (Å²) in [7, 11) is 1.13. The van der Waals surface area contributed by atoms with Crippen LogP contribution in [0.4, 0.5) is 13.2 Å². The number of hydrogen-bond acceptors (Lipinski definition) is 3. The lowest BCUT2D eigenvalue weighted by Gasteiger charge is -2.07. The Labute approximate surface area is 111 Å². The molecule has 0 spiro atoms. The molecular formula is C13H10F3NO3. The summed E-state index contributed by atoms with van der Waals surface area (Å²) in [5, 5.41) is 0.133. The number of H-pyrrole nitrogens is 1. The molecule has 1 heterocycles. The van der Waals surface area contributed by atoms with Gasteiger partial charge in [-0.3, -0.25) is 9.59 Å². The van der Waals surface area contributed by atoms with E-state index in [2.05, 4.69) is 9.72 Å². The molecule has 4 nitrogen and oxygen atoms in total. The van der Waals surface area contributed by atoms with Gasteiger partial charge in [0.25, 0.3) is 0 Å². The van der Waals surface area contributed by atoms with Crippen molar-refractivity contribution in [2.75, 3.05) is 7.11 Å². The number of fused-ring (bicyclic) bond motifs is 1. The predicted octanol–water partition coefficient (Wildman–Crippen LogP) is 2.93. The van der Waals surface area contributed by atoms with Crippen molar-refractivity contribution in [1.29, 1.82) is 0 Å². The number of aromatic amines is 1. The lowest BCUT2D eigenvalue weighted by atomic mass is 10.0. The molecule has 0 aliphatic carbocycles. The lowest BCUT2D eigenvalue weighted by molar-refractivity contribution is -0.139. The standard InChI is InChI=1S/C13H10F3NO3/c1-20-11(19)5-10(18)8-6-17-12-7(8)3-2-4-9(12)13(14,15)16/h2-4,6,17H,5H2,1H3. The minimum Gasteiger partial charge on any atom is -0.469 e. The van der Waals surface area contributed by atoms with Gasteiger partial charge < -0.3 is 9.72 Å². The van der Waals surface area contributed by atoms with Gasteiger partial charge in [0.05, 0.1) is 18.2 Å². The number of benzene rings is 1. The van der Waals surface area contributed by atoms with Gasteiger partial charge in [-0.05, 0) is 6.07 Å². The number of hydrogen-bond donors (Lipinski definition) is 1. The highest BCUT2D eigenvalue weighted by Crippen LogP contribution is 2.35. The molecular weight excluding hydrogens is 275 g/mol. The van der Waals surface area contributed by atoms with Crippen molar-refractivity contribution in [1.82, 2.24) is 4.98 Å². The smallest absolute Gasteiger partial charge is 0.418 e. The van der Waals surface area contributed by atoms with Crippen molar-refractivity contribution in [2.45, 2.75) is 12.6 Å². The van der Waals surface area contributed by atoms with E-state index in [4.69, 9.17) is 0 Å². The van der Waals surface area contributed by atoms with Crippen molar-refractivity contribution in [3.05, 3.63) is 35.5 Å². The van der Waals surface area contributed by atoms with Crippen LogP contribution >= 0.6 is 0 Å². The monoisotopic (exact) mass is 285 g/mol. The quantitative estimate of drug-likeness (QED) is 0.536. The molecule has 106 valence electrons. The van der Waals surface area contributed by atoms with Crippen molar-refractivity contribution in [2.24, 2.45) is 0 Å². The van der Waals surface area contributed by atoms with E-state index in [1.807, 2.05) is 0 Å². The Kier molecular flexibility index (Phi) is 3.52. The molecule has 7 heteroatoms. The Morgan fingerprint density at radius 3 is 2.60 bits per heavy atom. The van der Waals surface area contributed by atoms with E-state index in [0.29, 0.717) is 0 Å². The number of ether oxygens (including phenoxy) is 1. The fourth-order valence-corrected chi connectivity index (χ4v) is 1.92. The summed E-state index contributed by atoms with van der Waals surface area (Å²) < 4.78 is 42.8. The minimum atomic E-state index is -4.52. The second kappa shape index (κ2) is 4.99. The highest BCUT2D eigenvalue weighted by atomic mass is 19.4. The van der Waals surface area contributed by atoms with Gasteiger partial charge in [0.1, 0.15) is 6.42 Å².